The Morgan fingerprint density at radius 1 is 1.21 bits per heavy atom. The molecule has 0 aromatic heterocycles. The smallest absolute Gasteiger partial charge is 0.282 e. The van der Waals surface area contributed by atoms with Gasteiger partial charge in [-0.15, -0.1) is 0 Å². The second-order valence-electron chi connectivity index (χ2n) is 5.58. The van der Waals surface area contributed by atoms with Crippen molar-refractivity contribution in [1.29, 1.82) is 5.26 Å². The Hall–Kier alpha value is -2.78. The number of anilines is 1. The fourth-order valence-corrected chi connectivity index (χ4v) is 2.43. The summed E-state index contributed by atoms with van der Waals surface area (Å²) < 4.78 is 26.8. The largest absolute Gasteiger partial charge is 0.330 e. The third kappa shape index (κ3) is 4.15. The summed E-state index contributed by atoms with van der Waals surface area (Å²) in [6.45, 7) is 3.42. The number of hydrogen-bond acceptors (Lipinski definition) is 2. The number of nitrogens with zero attached hydrogens (tertiary/aromatic N) is 1. The number of para-hydroxylation sites is 1. The maximum Gasteiger partial charge on any atom is 0.282 e. The molecule has 0 aliphatic carbocycles. The molecule has 0 unspecified atom stereocenters. The van der Waals surface area contributed by atoms with Gasteiger partial charge in [-0.05, 0) is 38.1 Å². The second-order valence-corrected chi connectivity index (χ2v) is 5.58. The van der Waals surface area contributed by atoms with E-state index < -0.39 is 17.7 Å². The van der Waals surface area contributed by atoms with Gasteiger partial charge >= 0.3 is 0 Å². The van der Waals surface area contributed by atoms with Crippen LogP contribution in [0.25, 0.3) is 0 Å². The lowest BCUT2D eigenvalue weighted by Crippen LogP contribution is -2.91. The van der Waals surface area contributed by atoms with Gasteiger partial charge in [-0.3, -0.25) is 4.79 Å². The number of nitrogens with one attached hydrogen (secondary N) is 1. The summed E-state index contributed by atoms with van der Waals surface area (Å²) in [6, 6.07) is 11.2. The molecule has 0 saturated carbocycles. The van der Waals surface area contributed by atoms with Gasteiger partial charge in [0, 0.05) is 11.6 Å². The van der Waals surface area contributed by atoms with E-state index in [4.69, 9.17) is 5.26 Å². The molecular weight excluding hydrogens is 312 g/mol. The van der Waals surface area contributed by atoms with Gasteiger partial charge in [0.2, 0.25) is 0 Å². The predicted molar refractivity (Wildman–Crippen MR) is 85.9 cm³/mol. The maximum absolute atomic E-state index is 13.8. The first-order chi connectivity index (χ1) is 11.4. The number of carbonyl (C=O) groups is 1. The van der Waals surface area contributed by atoms with Crippen LogP contribution in [0, 0.1) is 23.0 Å². The van der Waals surface area contributed by atoms with E-state index in [-0.39, 0.29) is 11.9 Å². The number of hydrogen-bond donors (Lipinski definition) is 2. The molecule has 4 nitrogen and oxygen atoms in total. The third-order valence-corrected chi connectivity index (χ3v) is 3.75. The Morgan fingerprint density at radius 2 is 1.92 bits per heavy atom. The first-order valence-electron chi connectivity index (χ1n) is 7.52. The lowest BCUT2D eigenvalue weighted by molar-refractivity contribution is -0.710. The number of nitrogens with two attached hydrogens (primary N) is 1. The van der Waals surface area contributed by atoms with E-state index in [9.17, 15) is 13.6 Å². The van der Waals surface area contributed by atoms with E-state index in [1.54, 1.807) is 43.4 Å². The number of quaternary nitrogens is 1. The molecule has 1 amide bonds. The Morgan fingerprint density at radius 3 is 2.58 bits per heavy atom. The van der Waals surface area contributed by atoms with Crippen molar-refractivity contribution in [3.8, 4) is 6.07 Å². The first kappa shape index (κ1) is 17.6. The van der Waals surface area contributed by atoms with Crippen LogP contribution in [0.1, 0.15) is 31.0 Å². The Labute approximate surface area is 139 Å². The zero-order valence-corrected chi connectivity index (χ0v) is 13.4. The van der Waals surface area contributed by atoms with E-state index in [0.717, 1.165) is 6.07 Å². The minimum Gasteiger partial charge on any atom is -0.330 e. The van der Waals surface area contributed by atoms with Crippen LogP contribution >= 0.6 is 0 Å². The van der Waals surface area contributed by atoms with E-state index >= 15 is 0 Å². The van der Waals surface area contributed by atoms with Crippen molar-refractivity contribution in [2.75, 3.05) is 5.32 Å². The molecule has 0 radical (unpaired) electrons. The average Bonchev–Trinajstić information content (AvgIpc) is 2.55. The Bertz CT molecular complexity index is 786. The van der Waals surface area contributed by atoms with Gasteiger partial charge in [0.1, 0.15) is 23.7 Å². The van der Waals surface area contributed by atoms with Crippen LogP contribution in [-0.2, 0) is 4.79 Å². The quantitative estimate of drug-likeness (QED) is 0.884. The Balaban J connectivity index is 2.04. The van der Waals surface area contributed by atoms with Crippen molar-refractivity contribution >= 4 is 11.6 Å². The maximum atomic E-state index is 13.8. The lowest BCUT2D eigenvalue weighted by Gasteiger charge is -2.17. The highest BCUT2D eigenvalue weighted by Crippen LogP contribution is 2.16. The van der Waals surface area contributed by atoms with Crippen molar-refractivity contribution in [1.82, 2.24) is 0 Å². The van der Waals surface area contributed by atoms with Crippen LogP contribution in [0.2, 0.25) is 0 Å². The zero-order valence-electron chi connectivity index (χ0n) is 13.4. The minimum atomic E-state index is -0.638. The van der Waals surface area contributed by atoms with Gasteiger partial charge in [0.15, 0.2) is 6.04 Å². The topological polar surface area (TPSA) is 69.5 Å². The molecule has 0 heterocycles. The van der Waals surface area contributed by atoms with Crippen molar-refractivity contribution in [2.45, 2.75) is 25.9 Å². The molecule has 0 spiro atoms. The molecule has 0 aliphatic rings. The van der Waals surface area contributed by atoms with Crippen LogP contribution in [-0.4, -0.2) is 11.9 Å². The number of benzene rings is 2. The molecule has 0 bridgehead atoms. The number of amides is 1. The van der Waals surface area contributed by atoms with Gasteiger partial charge in [0.05, 0.1) is 11.3 Å². The highest BCUT2D eigenvalue weighted by Gasteiger charge is 2.23. The first-order valence-corrected chi connectivity index (χ1v) is 7.52. The summed E-state index contributed by atoms with van der Waals surface area (Å²) in [7, 11) is 0. The predicted octanol–water partition coefficient (Wildman–Crippen LogP) is 2.49. The fourth-order valence-electron chi connectivity index (χ4n) is 2.43. The van der Waals surface area contributed by atoms with Gasteiger partial charge in [-0.25, -0.2) is 8.78 Å². The van der Waals surface area contributed by atoms with Crippen molar-refractivity contribution < 1.29 is 18.9 Å². The monoisotopic (exact) mass is 330 g/mol. The summed E-state index contributed by atoms with van der Waals surface area (Å²) in [6.07, 6.45) is 0. The van der Waals surface area contributed by atoms with Crippen molar-refractivity contribution in [2.24, 2.45) is 0 Å². The fraction of sp³-hybridized carbons (Fsp3) is 0.222. The van der Waals surface area contributed by atoms with Crippen molar-refractivity contribution in [3.05, 3.63) is 65.2 Å². The SMILES string of the molecule is C[C@H]([NH2+][C@H](C)c1ccc(F)cc1F)C(=O)Nc1ccccc1C#N. The van der Waals surface area contributed by atoms with Crippen LogP contribution in [0.15, 0.2) is 42.5 Å². The molecule has 2 aromatic rings. The molecule has 2 atom stereocenters. The molecule has 24 heavy (non-hydrogen) atoms. The highest BCUT2D eigenvalue weighted by atomic mass is 19.1. The van der Waals surface area contributed by atoms with Crippen molar-refractivity contribution in [3.63, 3.8) is 0 Å². The highest BCUT2D eigenvalue weighted by molar-refractivity contribution is 5.94. The lowest BCUT2D eigenvalue weighted by atomic mass is 10.1. The van der Waals surface area contributed by atoms with Crippen LogP contribution < -0.4 is 10.6 Å². The molecule has 6 heteroatoms. The van der Waals surface area contributed by atoms with Crippen LogP contribution in [0.3, 0.4) is 0 Å². The summed E-state index contributed by atoms with van der Waals surface area (Å²) in [4.78, 5) is 12.3. The summed E-state index contributed by atoms with van der Waals surface area (Å²) in [5.41, 5.74) is 1.13. The molecule has 2 rings (SSSR count). The molecule has 0 aliphatic heterocycles. The number of carbonyl (C=O) groups excluding carboxylic acids is 1. The summed E-state index contributed by atoms with van der Waals surface area (Å²) in [5.74, 6) is -1.57. The number of nitriles is 1. The summed E-state index contributed by atoms with van der Waals surface area (Å²) >= 11 is 0. The summed E-state index contributed by atoms with van der Waals surface area (Å²) in [5, 5.41) is 13.4. The van der Waals surface area contributed by atoms with Gasteiger partial charge in [-0.2, -0.15) is 5.26 Å². The second kappa shape index (κ2) is 7.66. The van der Waals surface area contributed by atoms with Gasteiger partial charge in [-0.1, -0.05) is 12.1 Å². The Kier molecular flexibility index (Phi) is 5.61. The molecule has 0 fully saturated rings. The third-order valence-electron chi connectivity index (χ3n) is 3.75. The normalized spacial score (nSPS) is 13.0. The molecular formula is C18H18F2N3O+. The van der Waals surface area contributed by atoms with Crippen LogP contribution in [0.5, 0.6) is 0 Å². The average molecular weight is 330 g/mol. The minimum absolute atomic E-state index is 0.299. The van der Waals surface area contributed by atoms with Gasteiger partial charge < -0.3 is 10.6 Å². The van der Waals surface area contributed by atoms with E-state index in [1.807, 2.05) is 6.07 Å². The molecule has 0 saturated heterocycles. The zero-order chi connectivity index (χ0) is 17.7. The van der Waals surface area contributed by atoms with E-state index in [2.05, 4.69) is 5.32 Å². The number of rotatable bonds is 5. The van der Waals surface area contributed by atoms with Crippen LogP contribution in [0.4, 0.5) is 14.5 Å². The molecule has 2 aromatic carbocycles. The van der Waals surface area contributed by atoms with Gasteiger partial charge in [0.25, 0.3) is 5.91 Å². The standard InChI is InChI=1S/C18H17F2N3O/c1-11(15-8-7-14(19)9-16(15)20)22-12(2)18(24)23-17-6-4-3-5-13(17)10-21/h3-9,11-12,22H,1-2H3,(H,23,24)/p+1/t11-,12+/m1/s1. The molecule has 3 N–H and O–H groups in total. The number of halogens is 2. The van der Waals surface area contributed by atoms with E-state index in [1.165, 1.54) is 12.1 Å². The molecule has 124 valence electrons. The van der Waals surface area contributed by atoms with E-state index in [0.29, 0.717) is 16.8 Å².